The third kappa shape index (κ3) is 5.43. The second-order valence-electron chi connectivity index (χ2n) is 7.11. The molecule has 156 valence electrons. The van der Waals surface area contributed by atoms with Crippen molar-refractivity contribution in [3.63, 3.8) is 0 Å². The van der Waals surface area contributed by atoms with Crippen LogP contribution in [0.5, 0.6) is 17.2 Å². The lowest BCUT2D eigenvalue weighted by Gasteiger charge is -2.17. The van der Waals surface area contributed by atoms with Gasteiger partial charge in [0.05, 0.1) is 6.61 Å². The number of allylic oxidation sites excluding steroid dienone is 1. The van der Waals surface area contributed by atoms with E-state index in [0.717, 1.165) is 52.8 Å². The van der Waals surface area contributed by atoms with Crippen molar-refractivity contribution >= 4 is 11.1 Å². The number of phenolic OH excluding ortho intramolecular Hbond substituents is 2. The number of aromatic hydroxyl groups is 2. The Kier molecular flexibility index (Phi) is 7.52. The minimum Gasteiger partial charge on any atom is -0.508 e. The molecule has 3 aromatic rings. The Morgan fingerprint density at radius 3 is 1.90 bits per heavy atom. The summed E-state index contributed by atoms with van der Waals surface area (Å²) in [5.74, 6) is 1.24. The van der Waals surface area contributed by atoms with E-state index in [1.165, 1.54) is 0 Å². The fraction of sp³-hybridized carbons (Fsp3) is 0.231. The van der Waals surface area contributed by atoms with Gasteiger partial charge in [0.2, 0.25) is 0 Å². The van der Waals surface area contributed by atoms with E-state index in [1.54, 1.807) is 24.3 Å². The molecule has 0 bridgehead atoms. The topological polar surface area (TPSA) is 69.9 Å². The van der Waals surface area contributed by atoms with E-state index < -0.39 is 0 Å². The maximum atomic E-state index is 9.73. The second kappa shape index (κ2) is 10.5. The zero-order valence-corrected chi connectivity index (χ0v) is 17.2. The fourth-order valence-corrected chi connectivity index (χ4v) is 3.47. The lowest BCUT2D eigenvalue weighted by atomic mass is 9.88. The predicted octanol–water partition coefficient (Wildman–Crippen LogP) is 5.62. The maximum absolute atomic E-state index is 9.73. The summed E-state index contributed by atoms with van der Waals surface area (Å²) in [7, 11) is 0. The molecule has 0 atom stereocenters. The number of aliphatic hydroxyl groups is 1. The Labute approximate surface area is 177 Å². The molecule has 0 aliphatic carbocycles. The molecule has 0 spiro atoms. The molecule has 0 radical (unpaired) electrons. The van der Waals surface area contributed by atoms with Crippen LogP contribution < -0.4 is 4.74 Å². The van der Waals surface area contributed by atoms with E-state index in [4.69, 9.17) is 9.84 Å². The van der Waals surface area contributed by atoms with Gasteiger partial charge in [-0.25, -0.2) is 0 Å². The highest BCUT2D eigenvalue weighted by Crippen LogP contribution is 2.36. The Hall–Kier alpha value is -3.24. The highest BCUT2D eigenvalue weighted by molar-refractivity contribution is 5.98. The summed E-state index contributed by atoms with van der Waals surface area (Å²) >= 11 is 0. The van der Waals surface area contributed by atoms with Gasteiger partial charge in [0.15, 0.2) is 0 Å². The highest BCUT2D eigenvalue weighted by atomic mass is 16.5. The van der Waals surface area contributed by atoms with E-state index >= 15 is 0 Å². The molecule has 3 aromatic carbocycles. The molecule has 0 aliphatic heterocycles. The van der Waals surface area contributed by atoms with E-state index in [9.17, 15) is 10.2 Å². The SMILES string of the molecule is CCC(=C(c1ccc(O)cc1)c1ccc(O)cc1)c1cccc(OCCCCO)c1. The second-order valence-corrected chi connectivity index (χ2v) is 7.11. The van der Waals surface area contributed by atoms with E-state index in [0.29, 0.717) is 6.61 Å². The summed E-state index contributed by atoms with van der Waals surface area (Å²) in [6.07, 6.45) is 2.33. The number of phenols is 2. The van der Waals surface area contributed by atoms with Crippen LogP contribution in [0.2, 0.25) is 0 Å². The largest absolute Gasteiger partial charge is 0.508 e. The predicted molar refractivity (Wildman–Crippen MR) is 121 cm³/mol. The number of unbranched alkanes of at least 4 members (excludes halogenated alkanes) is 1. The fourth-order valence-electron chi connectivity index (χ4n) is 3.47. The van der Waals surface area contributed by atoms with Crippen LogP contribution in [0.4, 0.5) is 0 Å². The monoisotopic (exact) mass is 404 g/mol. The van der Waals surface area contributed by atoms with Crippen LogP contribution >= 0.6 is 0 Å². The van der Waals surface area contributed by atoms with Gasteiger partial charge in [0.1, 0.15) is 17.2 Å². The Balaban J connectivity index is 2.06. The standard InChI is InChI=1S/C26H28O4/c1-2-25(21-6-5-7-24(18-21)30-17-4-3-16-27)26(19-8-12-22(28)13-9-19)20-10-14-23(29)15-11-20/h5-15,18,27-29H,2-4,16-17H2,1H3. The summed E-state index contributed by atoms with van der Waals surface area (Å²) in [4.78, 5) is 0. The summed E-state index contributed by atoms with van der Waals surface area (Å²) < 4.78 is 5.87. The Morgan fingerprint density at radius 1 is 0.767 bits per heavy atom. The van der Waals surface area contributed by atoms with Crippen molar-refractivity contribution in [3.05, 3.63) is 89.5 Å². The molecule has 3 N–H and O–H groups in total. The average molecular weight is 405 g/mol. The van der Waals surface area contributed by atoms with Gasteiger partial charge < -0.3 is 20.1 Å². The molecule has 0 aliphatic rings. The van der Waals surface area contributed by atoms with Crippen LogP contribution in [0.15, 0.2) is 72.8 Å². The minimum absolute atomic E-state index is 0.175. The molecule has 4 heteroatoms. The molecule has 30 heavy (non-hydrogen) atoms. The number of hydrogen-bond acceptors (Lipinski definition) is 4. The average Bonchev–Trinajstić information content (AvgIpc) is 2.77. The van der Waals surface area contributed by atoms with Gasteiger partial charge in [-0.2, -0.15) is 0 Å². The van der Waals surface area contributed by atoms with Crippen LogP contribution in [-0.4, -0.2) is 28.5 Å². The molecule has 4 nitrogen and oxygen atoms in total. The van der Waals surface area contributed by atoms with Gasteiger partial charge in [0, 0.05) is 6.61 Å². The molecular formula is C26H28O4. The van der Waals surface area contributed by atoms with Crippen LogP contribution in [0, 0.1) is 0 Å². The lowest BCUT2D eigenvalue weighted by Crippen LogP contribution is -2.00. The van der Waals surface area contributed by atoms with Gasteiger partial charge in [-0.1, -0.05) is 43.3 Å². The normalized spacial score (nSPS) is 10.6. The number of benzene rings is 3. The Bertz CT molecular complexity index is 925. The summed E-state index contributed by atoms with van der Waals surface area (Å²) in [5.41, 5.74) is 5.24. The molecule has 0 aromatic heterocycles. The highest BCUT2D eigenvalue weighted by Gasteiger charge is 2.14. The van der Waals surface area contributed by atoms with Crippen molar-refractivity contribution in [2.45, 2.75) is 26.2 Å². The molecule has 0 heterocycles. The zero-order valence-electron chi connectivity index (χ0n) is 17.2. The van der Waals surface area contributed by atoms with E-state index in [-0.39, 0.29) is 18.1 Å². The van der Waals surface area contributed by atoms with Gasteiger partial charge in [-0.15, -0.1) is 0 Å². The van der Waals surface area contributed by atoms with Crippen LogP contribution in [-0.2, 0) is 0 Å². The van der Waals surface area contributed by atoms with Crippen molar-refractivity contribution in [2.24, 2.45) is 0 Å². The van der Waals surface area contributed by atoms with E-state index in [2.05, 4.69) is 13.0 Å². The first-order valence-electron chi connectivity index (χ1n) is 10.3. The molecule has 0 saturated heterocycles. The number of aliphatic hydroxyl groups excluding tert-OH is 1. The molecule has 0 unspecified atom stereocenters. The van der Waals surface area contributed by atoms with Crippen molar-refractivity contribution in [1.82, 2.24) is 0 Å². The quantitative estimate of drug-likeness (QED) is 0.320. The molecule has 0 saturated carbocycles. The lowest BCUT2D eigenvalue weighted by molar-refractivity contribution is 0.253. The summed E-state index contributed by atoms with van der Waals surface area (Å²) in [6, 6.07) is 22.4. The zero-order chi connectivity index (χ0) is 21.3. The van der Waals surface area contributed by atoms with Crippen molar-refractivity contribution in [3.8, 4) is 17.2 Å². The first-order chi connectivity index (χ1) is 14.6. The molecule has 0 fully saturated rings. The number of hydrogen-bond donors (Lipinski definition) is 3. The van der Waals surface area contributed by atoms with Gasteiger partial charge in [-0.3, -0.25) is 0 Å². The Morgan fingerprint density at radius 2 is 1.37 bits per heavy atom. The van der Waals surface area contributed by atoms with Gasteiger partial charge in [0.25, 0.3) is 0 Å². The van der Waals surface area contributed by atoms with E-state index in [1.807, 2.05) is 42.5 Å². The smallest absolute Gasteiger partial charge is 0.119 e. The first kappa shape index (κ1) is 21.5. The van der Waals surface area contributed by atoms with Crippen molar-refractivity contribution < 1.29 is 20.1 Å². The van der Waals surface area contributed by atoms with Crippen LogP contribution in [0.1, 0.15) is 42.9 Å². The summed E-state index contributed by atoms with van der Waals surface area (Å²) in [6.45, 7) is 2.86. The van der Waals surface area contributed by atoms with Crippen molar-refractivity contribution in [1.29, 1.82) is 0 Å². The third-order valence-corrected chi connectivity index (χ3v) is 4.97. The molecular weight excluding hydrogens is 376 g/mol. The number of rotatable bonds is 9. The van der Waals surface area contributed by atoms with Crippen LogP contribution in [0.25, 0.3) is 11.1 Å². The van der Waals surface area contributed by atoms with Crippen LogP contribution in [0.3, 0.4) is 0 Å². The molecule has 3 rings (SSSR count). The number of ether oxygens (including phenoxy) is 1. The van der Waals surface area contributed by atoms with Gasteiger partial charge in [-0.05, 0) is 83.5 Å². The minimum atomic E-state index is 0.175. The van der Waals surface area contributed by atoms with Gasteiger partial charge >= 0.3 is 0 Å². The maximum Gasteiger partial charge on any atom is 0.119 e. The summed E-state index contributed by atoms with van der Waals surface area (Å²) in [5, 5.41) is 28.4. The first-order valence-corrected chi connectivity index (χ1v) is 10.3. The third-order valence-electron chi connectivity index (χ3n) is 4.97. The molecule has 0 amide bonds. The van der Waals surface area contributed by atoms with Crippen molar-refractivity contribution in [2.75, 3.05) is 13.2 Å².